The molecule has 3 unspecified atom stereocenters. The van der Waals surface area contributed by atoms with Crippen LogP contribution < -0.4 is 10.6 Å². The van der Waals surface area contributed by atoms with E-state index in [4.69, 9.17) is 0 Å². The number of hydrogen-bond acceptors (Lipinski definition) is 3. The smallest absolute Gasteiger partial charge is 0.239 e. The highest BCUT2D eigenvalue weighted by atomic mass is 16.2. The summed E-state index contributed by atoms with van der Waals surface area (Å²) in [6.45, 7) is 3.66. The molecule has 3 rings (SSSR count). The molecule has 1 amide bonds. The molecular formula is C14H25N3O. The van der Waals surface area contributed by atoms with Gasteiger partial charge in [0.25, 0.3) is 0 Å². The van der Waals surface area contributed by atoms with Gasteiger partial charge in [0.1, 0.15) is 0 Å². The highest BCUT2D eigenvalue weighted by molar-refractivity contribution is 5.82. The monoisotopic (exact) mass is 251 g/mol. The summed E-state index contributed by atoms with van der Waals surface area (Å²) >= 11 is 0. The minimum absolute atomic E-state index is 0.0995. The average Bonchev–Trinajstić information content (AvgIpc) is 2.47. The molecule has 0 aromatic carbocycles. The second-order valence-corrected chi connectivity index (χ2v) is 6.02. The fourth-order valence-electron chi connectivity index (χ4n) is 3.80. The van der Waals surface area contributed by atoms with Crippen LogP contribution in [0.5, 0.6) is 0 Å². The number of carbonyl (C=O) groups is 1. The van der Waals surface area contributed by atoms with Crippen molar-refractivity contribution in [3.05, 3.63) is 0 Å². The number of piperidine rings is 1. The van der Waals surface area contributed by atoms with E-state index in [1.54, 1.807) is 0 Å². The van der Waals surface area contributed by atoms with E-state index in [1.165, 1.54) is 32.1 Å². The van der Waals surface area contributed by atoms with Gasteiger partial charge in [0, 0.05) is 32.2 Å². The van der Waals surface area contributed by atoms with Crippen LogP contribution in [0.4, 0.5) is 0 Å². The van der Waals surface area contributed by atoms with Crippen molar-refractivity contribution in [2.45, 2.75) is 50.6 Å². The zero-order valence-corrected chi connectivity index (χ0v) is 11.2. The summed E-state index contributed by atoms with van der Waals surface area (Å²) in [6, 6.07) is 0.715. The lowest BCUT2D eigenvalue weighted by molar-refractivity contribution is -0.135. The van der Waals surface area contributed by atoms with Crippen molar-refractivity contribution in [3.8, 4) is 0 Å². The van der Waals surface area contributed by atoms with Crippen LogP contribution in [0.1, 0.15) is 38.5 Å². The van der Waals surface area contributed by atoms with Gasteiger partial charge in [-0.2, -0.15) is 0 Å². The van der Waals surface area contributed by atoms with Crippen LogP contribution in [0.3, 0.4) is 0 Å². The van der Waals surface area contributed by atoms with Gasteiger partial charge in [0.05, 0.1) is 6.04 Å². The molecule has 2 N–H and O–H groups in total. The lowest BCUT2D eigenvalue weighted by Crippen LogP contribution is -2.58. The van der Waals surface area contributed by atoms with Gasteiger partial charge < -0.3 is 15.5 Å². The molecule has 3 fully saturated rings. The largest absolute Gasteiger partial charge is 0.339 e. The van der Waals surface area contributed by atoms with Crippen LogP contribution in [0, 0.1) is 5.92 Å². The second kappa shape index (κ2) is 5.57. The molecule has 0 aromatic rings. The average molecular weight is 251 g/mol. The molecule has 2 saturated heterocycles. The fraction of sp³-hybridized carbons (Fsp3) is 0.929. The third-order valence-electron chi connectivity index (χ3n) is 4.88. The maximum atomic E-state index is 12.5. The number of hydrogen-bond donors (Lipinski definition) is 2. The number of nitrogens with zero attached hydrogens (tertiary/aromatic N) is 1. The normalized spacial score (nSPS) is 37.1. The van der Waals surface area contributed by atoms with E-state index in [0.717, 1.165) is 38.5 Å². The first-order valence-electron chi connectivity index (χ1n) is 7.60. The fourth-order valence-corrected chi connectivity index (χ4v) is 3.80. The van der Waals surface area contributed by atoms with Crippen LogP contribution in [0.2, 0.25) is 0 Å². The Morgan fingerprint density at radius 1 is 1.00 bits per heavy atom. The maximum Gasteiger partial charge on any atom is 0.239 e. The lowest BCUT2D eigenvalue weighted by atomic mass is 9.77. The number of rotatable bonds is 1. The summed E-state index contributed by atoms with van der Waals surface area (Å²) in [6.07, 6.45) is 7.66. The van der Waals surface area contributed by atoms with Crippen LogP contribution in [-0.2, 0) is 4.79 Å². The Hall–Kier alpha value is -0.610. The van der Waals surface area contributed by atoms with Crippen molar-refractivity contribution < 1.29 is 4.79 Å². The van der Waals surface area contributed by atoms with Crippen molar-refractivity contribution in [3.63, 3.8) is 0 Å². The van der Waals surface area contributed by atoms with Gasteiger partial charge in [-0.25, -0.2) is 0 Å². The zero-order chi connectivity index (χ0) is 12.4. The van der Waals surface area contributed by atoms with Gasteiger partial charge in [0.2, 0.25) is 5.91 Å². The number of carbonyl (C=O) groups excluding carboxylic acids is 1. The van der Waals surface area contributed by atoms with Crippen molar-refractivity contribution in [2.24, 2.45) is 5.92 Å². The minimum atomic E-state index is 0.0995. The van der Waals surface area contributed by atoms with Crippen molar-refractivity contribution in [2.75, 3.05) is 26.2 Å². The molecule has 2 aliphatic heterocycles. The van der Waals surface area contributed by atoms with Gasteiger partial charge >= 0.3 is 0 Å². The number of nitrogens with one attached hydrogen (secondary N) is 2. The van der Waals surface area contributed by atoms with E-state index < -0.39 is 0 Å². The Morgan fingerprint density at radius 2 is 1.78 bits per heavy atom. The van der Waals surface area contributed by atoms with E-state index in [-0.39, 0.29) is 6.04 Å². The van der Waals surface area contributed by atoms with E-state index in [2.05, 4.69) is 10.6 Å². The molecule has 18 heavy (non-hydrogen) atoms. The predicted octanol–water partition coefficient (Wildman–Crippen LogP) is 0.729. The maximum absolute atomic E-state index is 12.5. The molecule has 0 bridgehead atoms. The molecule has 102 valence electrons. The van der Waals surface area contributed by atoms with Crippen molar-refractivity contribution in [1.82, 2.24) is 15.5 Å². The molecule has 0 spiro atoms. The highest BCUT2D eigenvalue weighted by Gasteiger charge is 2.36. The third-order valence-corrected chi connectivity index (χ3v) is 4.88. The molecule has 2 heterocycles. The molecule has 0 aromatic heterocycles. The Labute approximate surface area is 109 Å². The van der Waals surface area contributed by atoms with Crippen LogP contribution in [0.25, 0.3) is 0 Å². The lowest BCUT2D eigenvalue weighted by Gasteiger charge is -2.41. The summed E-state index contributed by atoms with van der Waals surface area (Å²) in [5, 5.41) is 6.94. The first-order valence-corrected chi connectivity index (χ1v) is 7.60. The van der Waals surface area contributed by atoms with Gasteiger partial charge in [-0.15, -0.1) is 0 Å². The zero-order valence-electron chi connectivity index (χ0n) is 11.2. The summed E-state index contributed by atoms with van der Waals surface area (Å²) in [4.78, 5) is 14.5. The first-order chi connectivity index (χ1) is 8.84. The number of amides is 1. The molecule has 3 atom stereocenters. The molecule has 4 nitrogen and oxygen atoms in total. The van der Waals surface area contributed by atoms with Crippen molar-refractivity contribution in [1.29, 1.82) is 0 Å². The number of piperazine rings is 1. The third kappa shape index (κ3) is 2.54. The van der Waals surface area contributed by atoms with Crippen LogP contribution in [0.15, 0.2) is 0 Å². The molecule has 4 heteroatoms. The molecule has 3 aliphatic rings. The van der Waals surface area contributed by atoms with E-state index >= 15 is 0 Å². The summed E-state index contributed by atoms with van der Waals surface area (Å²) in [7, 11) is 0. The van der Waals surface area contributed by atoms with Crippen molar-refractivity contribution >= 4 is 5.91 Å². The Balaban J connectivity index is 1.57. The molecule has 1 saturated carbocycles. The topological polar surface area (TPSA) is 44.4 Å². The Kier molecular flexibility index (Phi) is 3.85. The Morgan fingerprint density at radius 3 is 2.61 bits per heavy atom. The van der Waals surface area contributed by atoms with Crippen LogP contribution in [-0.4, -0.2) is 49.1 Å². The van der Waals surface area contributed by atoms with E-state index in [1.807, 2.05) is 4.90 Å². The quantitative estimate of drug-likeness (QED) is 0.722. The van der Waals surface area contributed by atoms with Crippen LogP contribution >= 0.6 is 0 Å². The highest BCUT2D eigenvalue weighted by Crippen LogP contribution is 2.32. The van der Waals surface area contributed by atoms with Gasteiger partial charge in [0.15, 0.2) is 0 Å². The first kappa shape index (κ1) is 12.4. The molecular weight excluding hydrogens is 226 g/mol. The predicted molar refractivity (Wildman–Crippen MR) is 71.4 cm³/mol. The number of fused-ring (bicyclic) bond motifs is 1. The molecule has 1 aliphatic carbocycles. The SMILES string of the molecule is O=C(C1CCC2CCCCC2N1)N1CCNCC1. The second-order valence-electron chi connectivity index (χ2n) is 6.02. The molecule has 0 radical (unpaired) electrons. The summed E-state index contributed by atoms with van der Waals surface area (Å²) in [5.41, 5.74) is 0. The van der Waals surface area contributed by atoms with E-state index in [9.17, 15) is 4.79 Å². The van der Waals surface area contributed by atoms with Gasteiger partial charge in [-0.3, -0.25) is 4.79 Å². The van der Waals surface area contributed by atoms with Gasteiger partial charge in [-0.1, -0.05) is 12.8 Å². The minimum Gasteiger partial charge on any atom is -0.339 e. The Bertz CT molecular complexity index is 301. The summed E-state index contributed by atoms with van der Waals surface area (Å²) < 4.78 is 0. The van der Waals surface area contributed by atoms with E-state index in [0.29, 0.717) is 11.9 Å². The standard InChI is InChI=1S/C14H25N3O/c18-14(17-9-7-15-8-10-17)13-6-5-11-3-1-2-4-12(11)16-13/h11-13,15-16H,1-10H2. The van der Waals surface area contributed by atoms with Gasteiger partial charge in [-0.05, 0) is 31.6 Å². The summed E-state index contributed by atoms with van der Waals surface area (Å²) in [5.74, 6) is 1.19.